The summed E-state index contributed by atoms with van der Waals surface area (Å²) in [5.41, 5.74) is 0. The first-order chi connectivity index (χ1) is 8.29. The van der Waals surface area contributed by atoms with Gasteiger partial charge in [-0.2, -0.15) is 0 Å². The first kappa shape index (κ1) is 14.8. The van der Waals surface area contributed by atoms with Gasteiger partial charge in [-0.3, -0.25) is 4.79 Å². The van der Waals surface area contributed by atoms with Crippen molar-refractivity contribution >= 4 is 17.7 Å². The van der Waals surface area contributed by atoms with Crippen LogP contribution in [0.5, 0.6) is 0 Å². The Hall–Kier alpha value is -0.260. The number of aliphatic hydroxyl groups is 1. The molecule has 17 heavy (non-hydrogen) atoms. The average molecular weight is 261 g/mol. The van der Waals surface area contributed by atoms with E-state index < -0.39 is 0 Å². The van der Waals surface area contributed by atoms with Gasteiger partial charge in [-0.15, -0.1) is 11.8 Å². The van der Waals surface area contributed by atoms with Gasteiger partial charge in [0, 0.05) is 13.1 Å². The first-order valence-corrected chi connectivity index (χ1v) is 7.43. The minimum absolute atomic E-state index is 0.0402. The van der Waals surface area contributed by atoms with E-state index in [9.17, 15) is 4.79 Å². The minimum atomic E-state index is 0.0402. The molecule has 100 valence electrons. The number of nitrogens with zero attached hydrogens (tertiary/aromatic N) is 1. The fourth-order valence-electron chi connectivity index (χ4n) is 1.90. The van der Waals surface area contributed by atoms with Crippen LogP contribution in [-0.2, 0) is 9.53 Å². The van der Waals surface area contributed by atoms with Crippen molar-refractivity contribution < 1.29 is 14.6 Å². The lowest BCUT2D eigenvalue weighted by Gasteiger charge is -2.28. The largest absolute Gasteiger partial charge is 0.394 e. The number of amides is 1. The standard InChI is InChI=1S/C12H23NO3S/c1-2-13(6-8-16-9-7-14)12(15)11-5-3-4-10-17-11/h11,14H,2-10H2,1H3. The second kappa shape index (κ2) is 8.78. The first-order valence-electron chi connectivity index (χ1n) is 6.38. The van der Waals surface area contributed by atoms with Crippen LogP contribution in [0.3, 0.4) is 0 Å². The van der Waals surface area contributed by atoms with Crippen LogP contribution >= 0.6 is 11.8 Å². The van der Waals surface area contributed by atoms with E-state index in [1.165, 1.54) is 12.8 Å². The van der Waals surface area contributed by atoms with Gasteiger partial charge in [0.2, 0.25) is 5.91 Å². The fraction of sp³-hybridized carbons (Fsp3) is 0.917. The van der Waals surface area contributed by atoms with Crippen LogP contribution in [0.1, 0.15) is 26.2 Å². The number of rotatable bonds is 7. The second-order valence-corrected chi connectivity index (χ2v) is 5.42. The van der Waals surface area contributed by atoms with Crippen molar-refractivity contribution in [2.45, 2.75) is 31.4 Å². The van der Waals surface area contributed by atoms with Crippen LogP contribution in [0.25, 0.3) is 0 Å². The Labute approximate surface area is 108 Å². The van der Waals surface area contributed by atoms with Crippen LogP contribution in [0.2, 0.25) is 0 Å². The van der Waals surface area contributed by atoms with Crippen molar-refractivity contribution in [1.82, 2.24) is 4.90 Å². The molecule has 5 heteroatoms. The Balaban J connectivity index is 2.29. The molecule has 1 aliphatic rings. The van der Waals surface area contributed by atoms with Crippen LogP contribution in [-0.4, -0.2) is 59.8 Å². The highest BCUT2D eigenvalue weighted by molar-refractivity contribution is 8.00. The number of aliphatic hydroxyl groups excluding tert-OH is 1. The lowest BCUT2D eigenvalue weighted by molar-refractivity contribution is -0.131. The molecule has 0 spiro atoms. The summed E-state index contributed by atoms with van der Waals surface area (Å²) < 4.78 is 5.20. The van der Waals surface area contributed by atoms with E-state index in [1.807, 2.05) is 11.8 Å². The van der Waals surface area contributed by atoms with Gasteiger partial charge in [0.05, 0.1) is 25.1 Å². The monoisotopic (exact) mass is 261 g/mol. The Morgan fingerprint density at radius 3 is 2.88 bits per heavy atom. The third kappa shape index (κ3) is 5.27. The zero-order valence-corrected chi connectivity index (χ0v) is 11.4. The zero-order valence-electron chi connectivity index (χ0n) is 10.6. The summed E-state index contributed by atoms with van der Waals surface area (Å²) in [6.07, 6.45) is 3.42. The summed E-state index contributed by atoms with van der Waals surface area (Å²) in [4.78, 5) is 14.1. The van der Waals surface area contributed by atoms with E-state index in [-0.39, 0.29) is 17.8 Å². The second-order valence-electron chi connectivity index (χ2n) is 4.11. The van der Waals surface area contributed by atoms with E-state index in [0.717, 1.165) is 18.7 Å². The van der Waals surface area contributed by atoms with Gasteiger partial charge < -0.3 is 14.7 Å². The van der Waals surface area contributed by atoms with Crippen LogP contribution in [0.4, 0.5) is 0 Å². The summed E-state index contributed by atoms with van der Waals surface area (Å²) in [6, 6.07) is 0. The summed E-state index contributed by atoms with van der Waals surface area (Å²) in [7, 11) is 0. The third-order valence-corrected chi connectivity index (χ3v) is 4.25. The smallest absolute Gasteiger partial charge is 0.235 e. The van der Waals surface area contributed by atoms with Crippen LogP contribution < -0.4 is 0 Å². The molecule has 0 aliphatic carbocycles. The molecular weight excluding hydrogens is 238 g/mol. The van der Waals surface area contributed by atoms with Gasteiger partial charge in [-0.1, -0.05) is 6.42 Å². The number of hydrogen-bond acceptors (Lipinski definition) is 4. The van der Waals surface area contributed by atoms with Gasteiger partial charge in [-0.25, -0.2) is 0 Å². The maximum atomic E-state index is 12.2. The van der Waals surface area contributed by atoms with Crippen molar-refractivity contribution in [3.8, 4) is 0 Å². The Morgan fingerprint density at radius 2 is 2.29 bits per heavy atom. The number of likely N-dealkylation sites (N-methyl/N-ethyl adjacent to an activating group) is 1. The molecular formula is C12H23NO3S. The molecule has 1 aliphatic heterocycles. The van der Waals surface area contributed by atoms with Crippen molar-refractivity contribution in [2.75, 3.05) is 38.7 Å². The number of thioether (sulfide) groups is 1. The van der Waals surface area contributed by atoms with Crippen molar-refractivity contribution in [1.29, 1.82) is 0 Å². The predicted molar refractivity (Wildman–Crippen MR) is 70.3 cm³/mol. The molecule has 1 fully saturated rings. The highest BCUT2D eigenvalue weighted by Crippen LogP contribution is 2.26. The highest BCUT2D eigenvalue weighted by Gasteiger charge is 2.25. The maximum Gasteiger partial charge on any atom is 0.235 e. The van der Waals surface area contributed by atoms with Gasteiger partial charge in [0.1, 0.15) is 0 Å². The molecule has 0 aromatic heterocycles. The molecule has 0 saturated carbocycles. The number of hydrogen-bond donors (Lipinski definition) is 1. The van der Waals surface area contributed by atoms with E-state index in [0.29, 0.717) is 19.8 Å². The fourth-order valence-corrected chi connectivity index (χ4v) is 3.18. The van der Waals surface area contributed by atoms with E-state index in [1.54, 1.807) is 11.8 Å². The van der Waals surface area contributed by atoms with E-state index >= 15 is 0 Å². The van der Waals surface area contributed by atoms with Crippen molar-refractivity contribution in [2.24, 2.45) is 0 Å². The Kier molecular flexibility index (Phi) is 7.64. The van der Waals surface area contributed by atoms with Crippen molar-refractivity contribution in [3.63, 3.8) is 0 Å². The molecule has 0 aromatic rings. The predicted octanol–water partition coefficient (Wildman–Crippen LogP) is 1.13. The normalized spacial score (nSPS) is 20.2. The molecule has 1 saturated heterocycles. The molecule has 1 heterocycles. The molecule has 0 aromatic carbocycles. The lowest BCUT2D eigenvalue weighted by Crippen LogP contribution is -2.40. The Bertz CT molecular complexity index is 220. The van der Waals surface area contributed by atoms with Gasteiger partial charge in [0.25, 0.3) is 0 Å². The number of carbonyl (C=O) groups is 1. The molecule has 1 atom stereocenters. The molecule has 0 radical (unpaired) electrons. The lowest BCUT2D eigenvalue weighted by atomic mass is 10.1. The quantitative estimate of drug-likeness (QED) is 0.698. The molecule has 1 N–H and O–H groups in total. The maximum absolute atomic E-state index is 12.2. The Morgan fingerprint density at radius 1 is 1.47 bits per heavy atom. The van der Waals surface area contributed by atoms with Crippen LogP contribution in [0.15, 0.2) is 0 Å². The number of ether oxygens (including phenoxy) is 1. The summed E-state index contributed by atoms with van der Waals surface area (Å²) in [5.74, 6) is 1.36. The molecule has 1 rings (SSSR count). The third-order valence-electron chi connectivity index (χ3n) is 2.89. The minimum Gasteiger partial charge on any atom is -0.394 e. The van der Waals surface area contributed by atoms with Gasteiger partial charge in [-0.05, 0) is 25.5 Å². The molecule has 0 bridgehead atoms. The summed E-state index contributed by atoms with van der Waals surface area (Å²) in [6.45, 7) is 4.27. The number of carbonyl (C=O) groups excluding carboxylic acids is 1. The SMILES string of the molecule is CCN(CCOCCO)C(=O)C1CCCCS1. The van der Waals surface area contributed by atoms with Crippen molar-refractivity contribution in [3.05, 3.63) is 0 Å². The van der Waals surface area contributed by atoms with E-state index in [4.69, 9.17) is 9.84 Å². The van der Waals surface area contributed by atoms with Crippen LogP contribution in [0, 0.1) is 0 Å². The molecule has 1 unspecified atom stereocenters. The molecule has 1 amide bonds. The zero-order chi connectivity index (χ0) is 12.5. The van der Waals surface area contributed by atoms with Gasteiger partial charge >= 0.3 is 0 Å². The average Bonchev–Trinajstić information content (AvgIpc) is 2.39. The summed E-state index contributed by atoms with van der Waals surface area (Å²) >= 11 is 1.79. The van der Waals surface area contributed by atoms with E-state index in [2.05, 4.69) is 0 Å². The molecule has 4 nitrogen and oxygen atoms in total. The highest BCUT2D eigenvalue weighted by atomic mass is 32.2. The summed E-state index contributed by atoms with van der Waals surface area (Å²) in [5, 5.41) is 8.75. The van der Waals surface area contributed by atoms with Gasteiger partial charge in [0.15, 0.2) is 0 Å². The topological polar surface area (TPSA) is 49.8 Å².